The normalized spacial score (nSPS) is 10.0. The number of nitriles is 1. The third kappa shape index (κ3) is 8.22. The lowest BCUT2D eigenvalue weighted by molar-refractivity contribution is -0.146. The zero-order valence-corrected chi connectivity index (χ0v) is 10.2. The van der Waals surface area contributed by atoms with Crippen LogP contribution in [-0.4, -0.2) is 48.2 Å². The number of hydrogen-bond donors (Lipinski definition) is 1. The van der Waals surface area contributed by atoms with E-state index in [2.05, 4.69) is 0 Å². The van der Waals surface area contributed by atoms with Gasteiger partial charge in [-0.3, -0.25) is 4.79 Å². The fraction of sp³-hybridized carbons (Fsp3) is 0.727. The van der Waals surface area contributed by atoms with Gasteiger partial charge in [0.1, 0.15) is 13.2 Å². The second-order valence-corrected chi connectivity index (χ2v) is 4.03. The Bertz CT molecular complexity index is 296. The molecular formula is C11H18N2O4. The maximum absolute atomic E-state index is 11.7. The van der Waals surface area contributed by atoms with Crippen LogP contribution < -0.4 is 0 Å². The molecule has 0 rings (SSSR count). The third-order valence-electron chi connectivity index (χ3n) is 1.88. The number of rotatable bonds is 8. The summed E-state index contributed by atoms with van der Waals surface area (Å²) in [7, 11) is 0. The number of amides is 1. The van der Waals surface area contributed by atoms with Gasteiger partial charge in [0.15, 0.2) is 0 Å². The summed E-state index contributed by atoms with van der Waals surface area (Å²) in [5, 5.41) is 16.8. The molecule has 0 heterocycles. The number of aliphatic carboxylic acids is 1. The van der Waals surface area contributed by atoms with Crippen LogP contribution in [0.25, 0.3) is 0 Å². The summed E-state index contributed by atoms with van der Waals surface area (Å²) >= 11 is 0. The van der Waals surface area contributed by atoms with Gasteiger partial charge in [-0.1, -0.05) is 13.8 Å². The number of carbonyl (C=O) groups excluding carboxylic acids is 1. The van der Waals surface area contributed by atoms with Crippen molar-refractivity contribution in [3.63, 3.8) is 0 Å². The summed E-state index contributed by atoms with van der Waals surface area (Å²) in [6.45, 7) is 4.07. The second-order valence-electron chi connectivity index (χ2n) is 4.03. The summed E-state index contributed by atoms with van der Waals surface area (Å²) < 4.78 is 4.73. The van der Waals surface area contributed by atoms with Crippen molar-refractivity contribution in [2.45, 2.75) is 20.3 Å². The predicted octanol–water partition coefficient (Wildman–Crippen LogP) is 0.486. The van der Waals surface area contributed by atoms with E-state index < -0.39 is 12.6 Å². The summed E-state index contributed by atoms with van der Waals surface area (Å²) in [5.41, 5.74) is 0. The molecule has 0 aliphatic rings. The van der Waals surface area contributed by atoms with Crippen LogP contribution in [-0.2, 0) is 14.3 Å². The molecule has 0 aliphatic carbocycles. The fourth-order valence-electron chi connectivity index (χ4n) is 1.26. The topological polar surface area (TPSA) is 90.6 Å². The smallest absolute Gasteiger partial charge is 0.329 e. The molecule has 0 saturated heterocycles. The molecule has 0 aromatic heterocycles. The molecule has 17 heavy (non-hydrogen) atoms. The van der Waals surface area contributed by atoms with E-state index in [4.69, 9.17) is 15.1 Å². The van der Waals surface area contributed by atoms with Crippen molar-refractivity contribution in [2.75, 3.05) is 26.3 Å². The SMILES string of the molecule is CC(C)CN(CCC#N)C(=O)COCC(=O)O. The number of carboxylic acid groups (broad SMARTS) is 1. The molecular weight excluding hydrogens is 224 g/mol. The number of ether oxygens (including phenoxy) is 1. The van der Waals surface area contributed by atoms with E-state index in [-0.39, 0.29) is 24.9 Å². The molecule has 96 valence electrons. The molecule has 0 radical (unpaired) electrons. The van der Waals surface area contributed by atoms with E-state index in [9.17, 15) is 9.59 Å². The van der Waals surface area contributed by atoms with Crippen molar-refractivity contribution in [3.8, 4) is 6.07 Å². The summed E-state index contributed by atoms with van der Waals surface area (Å²) in [6, 6.07) is 1.97. The van der Waals surface area contributed by atoms with E-state index >= 15 is 0 Å². The Morgan fingerprint density at radius 2 is 2.06 bits per heavy atom. The van der Waals surface area contributed by atoms with Crippen molar-refractivity contribution in [2.24, 2.45) is 5.92 Å². The van der Waals surface area contributed by atoms with Crippen LogP contribution in [0, 0.1) is 17.2 Å². The van der Waals surface area contributed by atoms with Crippen LogP contribution in [0.15, 0.2) is 0 Å². The average Bonchev–Trinajstić information content (AvgIpc) is 2.22. The molecule has 0 unspecified atom stereocenters. The Morgan fingerprint density at radius 1 is 1.41 bits per heavy atom. The highest BCUT2D eigenvalue weighted by atomic mass is 16.5. The standard InChI is InChI=1S/C11H18N2O4/c1-9(2)6-13(5-3-4-12)10(14)7-17-8-11(15)16/h9H,3,5-8H2,1-2H3,(H,15,16). The van der Waals surface area contributed by atoms with Crippen LogP contribution >= 0.6 is 0 Å². The monoisotopic (exact) mass is 242 g/mol. The minimum absolute atomic E-state index is 0.259. The number of carboxylic acids is 1. The largest absolute Gasteiger partial charge is 0.480 e. The Hall–Kier alpha value is -1.61. The van der Waals surface area contributed by atoms with Gasteiger partial charge in [-0.05, 0) is 5.92 Å². The Labute approximate surface area is 101 Å². The summed E-state index contributed by atoms with van der Waals surface area (Å²) in [4.78, 5) is 23.4. The number of hydrogen-bond acceptors (Lipinski definition) is 4. The van der Waals surface area contributed by atoms with E-state index in [0.29, 0.717) is 13.1 Å². The van der Waals surface area contributed by atoms with Crippen LogP contribution in [0.4, 0.5) is 0 Å². The molecule has 1 N–H and O–H groups in total. The number of nitrogens with zero attached hydrogens (tertiary/aromatic N) is 2. The maximum Gasteiger partial charge on any atom is 0.329 e. The van der Waals surface area contributed by atoms with Crippen LogP contribution in [0.3, 0.4) is 0 Å². The van der Waals surface area contributed by atoms with Crippen LogP contribution in [0.2, 0.25) is 0 Å². The quantitative estimate of drug-likeness (QED) is 0.668. The molecule has 0 atom stereocenters. The van der Waals surface area contributed by atoms with E-state index in [1.54, 1.807) is 0 Å². The van der Waals surface area contributed by atoms with E-state index in [0.717, 1.165) is 0 Å². The predicted molar refractivity (Wildman–Crippen MR) is 60.1 cm³/mol. The molecule has 6 nitrogen and oxygen atoms in total. The molecule has 6 heteroatoms. The molecule has 1 amide bonds. The molecule has 0 fully saturated rings. The van der Waals surface area contributed by atoms with Gasteiger partial charge in [0.25, 0.3) is 0 Å². The van der Waals surface area contributed by atoms with Gasteiger partial charge in [-0.25, -0.2) is 4.79 Å². The van der Waals surface area contributed by atoms with Gasteiger partial charge in [0.2, 0.25) is 5.91 Å². The second kappa shape index (κ2) is 8.53. The lowest BCUT2D eigenvalue weighted by Crippen LogP contribution is -2.37. The van der Waals surface area contributed by atoms with Gasteiger partial charge in [-0.15, -0.1) is 0 Å². The van der Waals surface area contributed by atoms with Crippen molar-refractivity contribution in [3.05, 3.63) is 0 Å². The lowest BCUT2D eigenvalue weighted by atomic mass is 10.2. The van der Waals surface area contributed by atoms with Gasteiger partial charge < -0.3 is 14.7 Å². The van der Waals surface area contributed by atoms with E-state index in [1.165, 1.54) is 4.90 Å². The lowest BCUT2D eigenvalue weighted by Gasteiger charge is -2.23. The van der Waals surface area contributed by atoms with Crippen molar-refractivity contribution in [1.82, 2.24) is 4.90 Å². The molecule has 0 aromatic rings. The highest BCUT2D eigenvalue weighted by molar-refractivity contribution is 5.78. The molecule has 0 aliphatic heterocycles. The van der Waals surface area contributed by atoms with Crippen LogP contribution in [0.1, 0.15) is 20.3 Å². The van der Waals surface area contributed by atoms with Gasteiger partial charge >= 0.3 is 5.97 Å². The minimum atomic E-state index is -1.11. The first-order valence-electron chi connectivity index (χ1n) is 5.41. The van der Waals surface area contributed by atoms with Gasteiger partial charge in [-0.2, -0.15) is 5.26 Å². The highest BCUT2D eigenvalue weighted by Gasteiger charge is 2.15. The highest BCUT2D eigenvalue weighted by Crippen LogP contribution is 2.01. The molecule has 0 saturated carbocycles. The first-order valence-corrected chi connectivity index (χ1v) is 5.41. The van der Waals surface area contributed by atoms with Crippen molar-refractivity contribution in [1.29, 1.82) is 5.26 Å². The first kappa shape index (κ1) is 15.4. The first-order chi connectivity index (χ1) is 7.97. The summed E-state index contributed by atoms with van der Waals surface area (Å²) in [6.07, 6.45) is 0.261. The zero-order valence-electron chi connectivity index (χ0n) is 10.2. The summed E-state index contributed by atoms with van der Waals surface area (Å²) in [5.74, 6) is -1.10. The third-order valence-corrected chi connectivity index (χ3v) is 1.88. The van der Waals surface area contributed by atoms with Crippen LogP contribution in [0.5, 0.6) is 0 Å². The van der Waals surface area contributed by atoms with Crippen molar-refractivity contribution < 1.29 is 19.4 Å². The van der Waals surface area contributed by atoms with Crippen molar-refractivity contribution >= 4 is 11.9 Å². The molecule has 0 spiro atoms. The van der Waals surface area contributed by atoms with Gasteiger partial charge in [0, 0.05) is 13.1 Å². The fourth-order valence-corrected chi connectivity index (χ4v) is 1.26. The molecule has 0 aromatic carbocycles. The zero-order chi connectivity index (χ0) is 13.3. The number of carbonyl (C=O) groups is 2. The Morgan fingerprint density at radius 3 is 2.53 bits per heavy atom. The minimum Gasteiger partial charge on any atom is -0.480 e. The maximum atomic E-state index is 11.7. The van der Waals surface area contributed by atoms with Gasteiger partial charge in [0.05, 0.1) is 12.5 Å². The van der Waals surface area contributed by atoms with E-state index in [1.807, 2.05) is 19.9 Å². The Balaban J connectivity index is 4.12. The Kier molecular flexibility index (Phi) is 7.72. The molecule has 0 bridgehead atoms. The average molecular weight is 242 g/mol.